The number of nitrogens with zero attached hydrogens (tertiary/aromatic N) is 1. The van der Waals surface area contributed by atoms with Gasteiger partial charge in [0.15, 0.2) is 5.79 Å². The van der Waals surface area contributed by atoms with E-state index < -0.39 is 35.6 Å². The molecular weight excluding hydrogens is 410 g/mol. The molecule has 4 fully saturated rings. The van der Waals surface area contributed by atoms with Crippen LogP contribution in [0.3, 0.4) is 0 Å². The summed E-state index contributed by atoms with van der Waals surface area (Å²) in [5, 5.41) is 31.9. The highest BCUT2D eigenvalue weighted by Gasteiger charge is 2.67. The molecule has 2 aliphatic heterocycles. The summed E-state index contributed by atoms with van der Waals surface area (Å²) >= 11 is 0. The maximum Gasteiger partial charge on any atom is 0.233 e. The molecule has 0 aromatic heterocycles. The molecule has 5 rings (SSSR count). The van der Waals surface area contributed by atoms with Gasteiger partial charge in [0.25, 0.3) is 0 Å². The van der Waals surface area contributed by atoms with Crippen molar-refractivity contribution < 1.29 is 29.6 Å². The summed E-state index contributed by atoms with van der Waals surface area (Å²) in [5.41, 5.74) is 2.27. The molecule has 2 saturated heterocycles. The molecule has 1 aromatic carbocycles. The molecule has 3 N–H and O–H groups in total. The van der Waals surface area contributed by atoms with E-state index in [0.717, 1.165) is 48.8 Å². The number of rotatable bonds is 3. The fraction of sp³-hybridized carbons (Fsp3) is 0.680. The van der Waals surface area contributed by atoms with Gasteiger partial charge in [0.2, 0.25) is 11.8 Å². The lowest BCUT2D eigenvalue weighted by Crippen LogP contribution is -2.54. The number of aryl methyl sites for hydroxylation is 2. The van der Waals surface area contributed by atoms with E-state index in [1.54, 1.807) is 0 Å². The maximum absolute atomic E-state index is 13.6. The highest BCUT2D eigenvalue weighted by Crippen LogP contribution is 2.58. The molecule has 2 aliphatic carbocycles. The van der Waals surface area contributed by atoms with Crippen molar-refractivity contribution in [2.24, 2.45) is 23.7 Å². The third kappa shape index (κ3) is 3.12. The SMILES string of the molecule is Cc1cc([C@@H]2C[C@H]3[C@H]4C(=O)N(C5CCCCC5)C(=O)[C@H]4C[C@H](CO)[C@@]3(O)O2)cc(C)c1O. The first-order chi connectivity index (χ1) is 15.3. The third-order valence-electron chi connectivity index (χ3n) is 8.44. The average molecular weight is 444 g/mol. The molecule has 0 radical (unpaired) electrons. The Balaban J connectivity index is 1.49. The van der Waals surface area contributed by atoms with Crippen LogP contribution in [-0.4, -0.2) is 50.5 Å². The Morgan fingerprint density at radius 3 is 2.34 bits per heavy atom. The van der Waals surface area contributed by atoms with Gasteiger partial charge in [-0.25, -0.2) is 0 Å². The van der Waals surface area contributed by atoms with Crippen molar-refractivity contribution in [1.82, 2.24) is 4.90 Å². The zero-order valence-corrected chi connectivity index (χ0v) is 18.8. The molecule has 174 valence electrons. The Hall–Kier alpha value is -1.96. The summed E-state index contributed by atoms with van der Waals surface area (Å²) in [6, 6.07) is 3.64. The number of benzene rings is 1. The van der Waals surface area contributed by atoms with Gasteiger partial charge in [-0.3, -0.25) is 14.5 Å². The third-order valence-corrected chi connectivity index (χ3v) is 8.44. The van der Waals surface area contributed by atoms with Gasteiger partial charge in [-0.15, -0.1) is 0 Å². The number of hydrogen-bond donors (Lipinski definition) is 3. The summed E-state index contributed by atoms with van der Waals surface area (Å²) in [7, 11) is 0. The van der Waals surface area contributed by atoms with E-state index in [1.165, 1.54) is 4.90 Å². The van der Waals surface area contributed by atoms with Crippen LogP contribution in [0.2, 0.25) is 0 Å². The van der Waals surface area contributed by atoms with Crippen molar-refractivity contribution in [2.45, 2.75) is 76.7 Å². The van der Waals surface area contributed by atoms with Gasteiger partial charge in [-0.2, -0.15) is 0 Å². The summed E-state index contributed by atoms with van der Waals surface area (Å²) in [4.78, 5) is 28.4. The zero-order valence-electron chi connectivity index (χ0n) is 18.8. The minimum Gasteiger partial charge on any atom is -0.507 e. The molecule has 2 amide bonds. The molecule has 32 heavy (non-hydrogen) atoms. The Bertz CT molecular complexity index is 917. The lowest BCUT2D eigenvalue weighted by atomic mass is 9.64. The van der Waals surface area contributed by atoms with Crippen molar-refractivity contribution in [3.05, 3.63) is 28.8 Å². The summed E-state index contributed by atoms with van der Waals surface area (Å²) in [6.07, 6.45) is 5.05. The van der Waals surface area contributed by atoms with Crippen molar-refractivity contribution >= 4 is 11.8 Å². The number of likely N-dealkylation sites (tertiary alicyclic amines) is 1. The van der Waals surface area contributed by atoms with E-state index >= 15 is 0 Å². The van der Waals surface area contributed by atoms with Gasteiger partial charge in [-0.05, 0) is 68.4 Å². The van der Waals surface area contributed by atoms with Crippen LogP contribution >= 0.6 is 0 Å². The number of ether oxygens (including phenoxy) is 1. The number of phenolic OH excluding ortho intramolecular Hbond substituents is 1. The van der Waals surface area contributed by atoms with Gasteiger partial charge < -0.3 is 20.1 Å². The van der Waals surface area contributed by atoms with Crippen LogP contribution in [0.5, 0.6) is 5.75 Å². The Kier molecular flexibility index (Phi) is 5.34. The Morgan fingerprint density at radius 1 is 1.06 bits per heavy atom. The van der Waals surface area contributed by atoms with Crippen LogP contribution in [0.4, 0.5) is 0 Å². The highest BCUT2D eigenvalue weighted by molar-refractivity contribution is 6.05. The molecule has 7 nitrogen and oxygen atoms in total. The first-order valence-electron chi connectivity index (χ1n) is 11.9. The van der Waals surface area contributed by atoms with Crippen molar-refractivity contribution in [3.63, 3.8) is 0 Å². The molecule has 4 aliphatic rings. The number of hydrogen-bond acceptors (Lipinski definition) is 6. The van der Waals surface area contributed by atoms with Crippen LogP contribution < -0.4 is 0 Å². The molecule has 0 bridgehead atoms. The molecule has 0 unspecified atom stereocenters. The number of imide groups is 1. The highest BCUT2D eigenvalue weighted by atomic mass is 16.6. The van der Waals surface area contributed by atoms with E-state index in [1.807, 2.05) is 26.0 Å². The van der Waals surface area contributed by atoms with Crippen molar-refractivity contribution in [1.29, 1.82) is 0 Å². The van der Waals surface area contributed by atoms with Crippen LogP contribution in [0.15, 0.2) is 12.1 Å². The number of aliphatic hydroxyl groups excluding tert-OH is 1. The lowest BCUT2D eigenvalue weighted by Gasteiger charge is -2.44. The second-order valence-electron chi connectivity index (χ2n) is 10.3. The molecule has 2 heterocycles. The maximum atomic E-state index is 13.6. The fourth-order valence-corrected chi connectivity index (χ4v) is 6.80. The molecule has 6 atom stereocenters. The van der Waals surface area contributed by atoms with Crippen LogP contribution in [0.1, 0.15) is 67.7 Å². The number of aromatic hydroxyl groups is 1. The standard InChI is InChI=1S/C25H33NO6/c1-13-8-15(9-14(2)22(13)28)20-11-19-21-18(10-16(12-27)25(19,31)32-20)23(29)26(24(21)30)17-6-4-3-5-7-17/h8-9,16-21,27-28,31H,3-7,10-12H2,1-2H3/t16-,18+,19+,20+,21+,25-/m1/s1. The molecular formula is C25H33NO6. The largest absolute Gasteiger partial charge is 0.507 e. The quantitative estimate of drug-likeness (QED) is 0.620. The molecule has 0 spiro atoms. The minimum atomic E-state index is -1.65. The molecule has 7 heteroatoms. The topological polar surface area (TPSA) is 107 Å². The second kappa shape index (κ2) is 7.82. The van der Waals surface area contributed by atoms with Crippen LogP contribution in [0, 0.1) is 37.5 Å². The second-order valence-corrected chi connectivity index (χ2v) is 10.3. The average Bonchev–Trinajstić information content (AvgIpc) is 3.25. The van der Waals surface area contributed by atoms with Gasteiger partial charge in [0.05, 0.1) is 24.5 Å². The monoisotopic (exact) mass is 443 g/mol. The number of fused-ring (bicyclic) bond motifs is 3. The van der Waals surface area contributed by atoms with Gasteiger partial charge in [0.1, 0.15) is 5.75 Å². The number of aliphatic hydroxyl groups is 2. The summed E-state index contributed by atoms with van der Waals surface area (Å²) < 4.78 is 6.20. The first kappa shape index (κ1) is 21.9. The molecule has 1 aromatic rings. The van der Waals surface area contributed by atoms with Crippen LogP contribution in [-0.2, 0) is 14.3 Å². The summed E-state index contributed by atoms with van der Waals surface area (Å²) in [6.45, 7) is 3.33. The normalized spacial score (nSPS) is 37.6. The number of carbonyl (C=O) groups excluding carboxylic acids is 2. The number of carbonyl (C=O) groups is 2. The predicted octanol–water partition coefficient (Wildman–Crippen LogP) is 2.72. The van der Waals surface area contributed by atoms with Crippen molar-refractivity contribution in [3.8, 4) is 5.75 Å². The van der Waals surface area contributed by atoms with E-state index in [-0.39, 0.29) is 36.6 Å². The zero-order chi connectivity index (χ0) is 22.8. The Morgan fingerprint density at radius 2 is 1.72 bits per heavy atom. The smallest absolute Gasteiger partial charge is 0.233 e. The van der Waals surface area contributed by atoms with E-state index in [9.17, 15) is 24.9 Å². The van der Waals surface area contributed by atoms with Crippen molar-refractivity contribution in [2.75, 3.05) is 6.61 Å². The van der Waals surface area contributed by atoms with E-state index in [4.69, 9.17) is 4.74 Å². The fourth-order valence-electron chi connectivity index (χ4n) is 6.80. The van der Waals surface area contributed by atoms with Crippen LogP contribution in [0.25, 0.3) is 0 Å². The summed E-state index contributed by atoms with van der Waals surface area (Å²) in [5.74, 6) is -4.02. The predicted molar refractivity (Wildman–Crippen MR) is 115 cm³/mol. The minimum absolute atomic E-state index is 0.0458. The van der Waals surface area contributed by atoms with Gasteiger partial charge in [-0.1, -0.05) is 19.3 Å². The molecule has 2 saturated carbocycles. The Labute approximate surface area is 188 Å². The van der Waals surface area contributed by atoms with E-state index in [2.05, 4.69) is 0 Å². The number of phenols is 1. The first-order valence-corrected chi connectivity index (χ1v) is 11.9. The van der Waals surface area contributed by atoms with Gasteiger partial charge >= 0.3 is 0 Å². The van der Waals surface area contributed by atoms with Gasteiger partial charge in [0, 0.05) is 17.9 Å². The lowest BCUT2D eigenvalue weighted by molar-refractivity contribution is -0.274. The number of amides is 2. The van der Waals surface area contributed by atoms with E-state index in [0.29, 0.717) is 6.42 Å².